The number of carbonyl (C=O) groups excluding carboxylic acids is 1. The molecule has 1 atom stereocenters. The van der Waals surface area contributed by atoms with Gasteiger partial charge in [-0.25, -0.2) is 4.79 Å². The van der Waals surface area contributed by atoms with Gasteiger partial charge in [-0.05, 0) is 17.7 Å². The summed E-state index contributed by atoms with van der Waals surface area (Å²) in [6.45, 7) is 0.216. The van der Waals surface area contributed by atoms with E-state index in [2.05, 4.69) is 10.6 Å². The Bertz CT molecular complexity index is 529. The summed E-state index contributed by atoms with van der Waals surface area (Å²) in [7, 11) is 0. The lowest BCUT2D eigenvalue weighted by atomic mass is 10.1. The zero-order chi connectivity index (χ0) is 14.2. The number of rotatable bonds is 5. The minimum absolute atomic E-state index is 0.216. The van der Waals surface area contributed by atoms with Gasteiger partial charge < -0.3 is 15.7 Å². The highest BCUT2D eigenvalue weighted by Gasteiger charge is 2.07. The molecule has 0 heterocycles. The summed E-state index contributed by atoms with van der Waals surface area (Å²) in [5.74, 6) is 0. The number of anilines is 1. The van der Waals surface area contributed by atoms with Gasteiger partial charge in [0.2, 0.25) is 0 Å². The Balaban J connectivity index is 1.73. The van der Waals surface area contributed by atoms with E-state index in [1.165, 1.54) is 0 Å². The largest absolute Gasteiger partial charge is 0.391 e. The summed E-state index contributed by atoms with van der Waals surface area (Å²) in [4.78, 5) is 11.6. The fourth-order valence-corrected chi connectivity index (χ4v) is 1.87. The molecular formula is C16H18N2O2. The third kappa shape index (κ3) is 4.74. The van der Waals surface area contributed by atoms with Crippen LogP contribution in [0.5, 0.6) is 0 Å². The molecule has 0 fully saturated rings. The van der Waals surface area contributed by atoms with E-state index in [4.69, 9.17) is 0 Å². The lowest BCUT2D eigenvalue weighted by molar-refractivity contribution is 0.172. The number of hydrogen-bond donors (Lipinski definition) is 3. The molecule has 0 bridgehead atoms. The first-order chi connectivity index (χ1) is 9.74. The lowest BCUT2D eigenvalue weighted by Crippen LogP contribution is -2.36. The summed E-state index contributed by atoms with van der Waals surface area (Å²) in [6, 6.07) is 18.6. The van der Waals surface area contributed by atoms with Gasteiger partial charge in [-0.15, -0.1) is 0 Å². The molecule has 0 saturated carbocycles. The Hall–Kier alpha value is -2.33. The number of hydrogen-bond acceptors (Lipinski definition) is 2. The maximum atomic E-state index is 11.6. The van der Waals surface area contributed by atoms with Crippen LogP contribution in [0, 0.1) is 0 Å². The second-order valence-corrected chi connectivity index (χ2v) is 4.54. The van der Waals surface area contributed by atoms with Gasteiger partial charge in [0.1, 0.15) is 0 Å². The quantitative estimate of drug-likeness (QED) is 0.781. The Morgan fingerprint density at radius 2 is 1.60 bits per heavy atom. The van der Waals surface area contributed by atoms with E-state index in [1.807, 2.05) is 48.5 Å². The molecule has 4 nitrogen and oxygen atoms in total. The van der Waals surface area contributed by atoms with Gasteiger partial charge >= 0.3 is 6.03 Å². The first-order valence-corrected chi connectivity index (χ1v) is 6.56. The van der Waals surface area contributed by atoms with Gasteiger partial charge in [-0.1, -0.05) is 48.5 Å². The topological polar surface area (TPSA) is 61.4 Å². The molecular weight excluding hydrogens is 252 g/mol. The van der Waals surface area contributed by atoms with Crippen molar-refractivity contribution < 1.29 is 9.90 Å². The van der Waals surface area contributed by atoms with Crippen molar-refractivity contribution in [1.29, 1.82) is 0 Å². The number of para-hydroxylation sites is 1. The number of aliphatic hydroxyl groups excluding tert-OH is 1. The number of aliphatic hydroxyl groups is 1. The molecule has 0 spiro atoms. The smallest absolute Gasteiger partial charge is 0.319 e. The second-order valence-electron chi connectivity index (χ2n) is 4.54. The Kier molecular flexibility index (Phi) is 5.15. The average Bonchev–Trinajstić information content (AvgIpc) is 2.47. The molecule has 2 amide bonds. The van der Waals surface area contributed by atoms with Crippen molar-refractivity contribution in [3.05, 3.63) is 66.2 Å². The number of nitrogens with one attached hydrogen (secondary N) is 2. The zero-order valence-electron chi connectivity index (χ0n) is 11.1. The van der Waals surface area contributed by atoms with Crippen LogP contribution in [0.15, 0.2) is 60.7 Å². The van der Waals surface area contributed by atoms with Crippen molar-refractivity contribution in [2.24, 2.45) is 0 Å². The highest BCUT2D eigenvalue weighted by atomic mass is 16.3. The number of urea groups is 1. The van der Waals surface area contributed by atoms with Crippen molar-refractivity contribution in [2.75, 3.05) is 11.9 Å². The average molecular weight is 270 g/mol. The van der Waals surface area contributed by atoms with Gasteiger partial charge in [0.05, 0.1) is 6.10 Å². The summed E-state index contributed by atoms with van der Waals surface area (Å²) < 4.78 is 0. The molecule has 0 aromatic heterocycles. The van der Waals surface area contributed by atoms with Gasteiger partial charge in [0.25, 0.3) is 0 Å². The van der Waals surface area contributed by atoms with Crippen LogP contribution in [0.4, 0.5) is 10.5 Å². The molecule has 1 unspecified atom stereocenters. The minimum atomic E-state index is -0.598. The number of benzene rings is 2. The van der Waals surface area contributed by atoms with Crippen LogP contribution in [0.1, 0.15) is 5.56 Å². The van der Waals surface area contributed by atoms with E-state index in [0.717, 1.165) is 11.3 Å². The van der Waals surface area contributed by atoms with Gasteiger partial charge in [0, 0.05) is 18.7 Å². The first kappa shape index (κ1) is 14.1. The van der Waals surface area contributed by atoms with Crippen molar-refractivity contribution >= 4 is 11.7 Å². The SMILES string of the molecule is O=C(NCC(O)Cc1ccccc1)Nc1ccccc1. The van der Waals surface area contributed by atoms with Crippen LogP contribution in [0.3, 0.4) is 0 Å². The molecule has 0 radical (unpaired) electrons. The van der Waals surface area contributed by atoms with Crippen molar-refractivity contribution in [3.63, 3.8) is 0 Å². The zero-order valence-corrected chi connectivity index (χ0v) is 11.1. The molecule has 0 saturated heterocycles. The normalized spacial score (nSPS) is 11.7. The predicted octanol–water partition coefficient (Wildman–Crippen LogP) is 2.41. The molecule has 2 aromatic carbocycles. The lowest BCUT2D eigenvalue weighted by Gasteiger charge is -2.12. The van der Waals surface area contributed by atoms with Gasteiger partial charge in [0.15, 0.2) is 0 Å². The van der Waals surface area contributed by atoms with E-state index in [0.29, 0.717) is 6.42 Å². The van der Waals surface area contributed by atoms with Crippen LogP contribution < -0.4 is 10.6 Å². The summed E-state index contributed by atoms with van der Waals surface area (Å²) >= 11 is 0. The van der Waals surface area contributed by atoms with Crippen LogP contribution >= 0.6 is 0 Å². The van der Waals surface area contributed by atoms with E-state index in [9.17, 15) is 9.90 Å². The third-order valence-electron chi connectivity index (χ3n) is 2.84. The third-order valence-corrected chi connectivity index (χ3v) is 2.84. The standard InChI is InChI=1S/C16H18N2O2/c19-15(11-13-7-3-1-4-8-13)12-17-16(20)18-14-9-5-2-6-10-14/h1-10,15,19H,11-12H2,(H2,17,18,20). The Morgan fingerprint density at radius 3 is 2.25 bits per heavy atom. The van der Waals surface area contributed by atoms with Crippen LogP contribution in [-0.4, -0.2) is 23.8 Å². The minimum Gasteiger partial charge on any atom is -0.391 e. The fraction of sp³-hybridized carbons (Fsp3) is 0.188. The summed E-state index contributed by atoms with van der Waals surface area (Å²) in [6.07, 6.45) is -0.0779. The summed E-state index contributed by atoms with van der Waals surface area (Å²) in [5, 5.41) is 15.2. The first-order valence-electron chi connectivity index (χ1n) is 6.56. The van der Waals surface area contributed by atoms with Crippen LogP contribution in [-0.2, 0) is 6.42 Å². The fourth-order valence-electron chi connectivity index (χ4n) is 1.87. The van der Waals surface area contributed by atoms with Gasteiger partial charge in [-0.3, -0.25) is 0 Å². The molecule has 0 aliphatic heterocycles. The molecule has 2 aromatic rings. The van der Waals surface area contributed by atoms with Crippen molar-refractivity contribution in [1.82, 2.24) is 5.32 Å². The maximum absolute atomic E-state index is 11.6. The monoisotopic (exact) mass is 270 g/mol. The van der Waals surface area contributed by atoms with Crippen LogP contribution in [0.25, 0.3) is 0 Å². The molecule has 0 aliphatic carbocycles. The van der Waals surface area contributed by atoms with Crippen molar-refractivity contribution in [2.45, 2.75) is 12.5 Å². The van der Waals surface area contributed by atoms with E-state index >= 15 is 0 Å². The van der Waals surface area contributed by atoms with E-state index in [-0.39, 0.29) is 12.6 Å². The Morgan fingerprint density at radius 1 is 1.00 bits per heavy atom. The molecule has 3 N–H and O–H groups in total. The second kappa shape index (κ2) is 7.31. The van der Waals surface area contributed by atoms with Gasteiger partial charge in [-0.2, -0.15) is 0 Å². The highest BCUT2D eigenvalue weighted by molar-refractivity contribution is 5.89. The summed E-state index contributed by atoms with van der Waals surface area (Å²) in [5.41, 5.74) is 1.77. The van der Waals surface area contributed by atoms with Crippen molar-refractivity contribution in [3.8, 4) is 0 Å². The number of carbonyl (C=O) groups is 1. The molecule has 104 valence electrons. The molecule has 2 rings (SSSR count). The highest BCUT2D eigenvalue weighted by Crippen LogP contribution is 2.05. The van der Waals surface area contributed by atoms with Crippen LogP contribution in [0.2, 0.25) is 0 Å². The van der Waals surface area contributed by atoms with E-state index in [1.54, 1.807) is 12.1 Å². The predicted molar refractivity (Wildman–Crippen MR) is 79.6 cm³/mol. The molecule has 20 heavy (non-hydrogen) atoms. The number of amides is 2. The van der Waals surface area contributed by atoms with E-state index < -0.39 is 6.10 Å². The maximum Gasteiger partial charge on any atom is 0.319 e. The molecule has 4 heteroatoms. The molecule has 0 aliphatic rings. The Labute approximate surface area is 118 Å².